The minimum Gasteiger partial charge on any atom is -0.741 e. The summed E-state index contributed by atoms with van der Waals surface area (Å²) in [6, 6.07) is 27.2. The second kappa shape index (κ2) is 12.0. The van der Waals surface area contributed by atoms with E-state index in [2.05, 4.69) is 0 Å². The van der Waals surface area contributed by atoms with Crippen LogP contribution in [0.3, 0.4) is 0 Å². The molecule has 44 heavy (non-hydrogen) atoms. The lowest BCUT2D eigenvalue weighted by Gasteiger charge is -2.22. The van der Waals surface area contributed by atoms with Crippen LogP contribution in [0.15, 0.2) is 108 Å². The van der Waals surface area contributed by atoms with Crippen LogP contribution in [0.1, 0.15) is 10.4 Å². The maximum Gasteiger partial charge on any atom is 0.485 e. The Morgan fingerprint density at radius 2 is 1.23 bits per heavy atom. The number of rotatable bonds is 5. The molecule has 228 valence electrons. The normalized spacial score (nSPS) is 11.9. The smallest absolute Gasteiger partial charge is 0.485 e. The van der Waals surface area contributed by atoms with Gasteiger partial charge in [-0.05, 0) is 60.7 Å². The summed E-state index contributed by atoms with van der Waals surface area (Å²) in [5.41, 5.74) is -3.97. The minimum absolute atomic E-state index is 0.155. The van der Waals surface area contributed by atoms with E-state index in [-0.39, 0.29) is 21.8 Å². The number of carbonyl (C=O) groups is 1. The molecule has 0 saturated carbocycles. The Kier molecular flexibility index (Phi) is 8.71. The quantitative estimate of drug-likeness (QED) is 0.0595. The van der Waals surface area contributed by atoms with Gasteiger partial charge in [-0.25, -0.2) is 16.8 Å². The Morgan fingerprint density at radius 1 is 0.795 bits per heavy atom. The van der Waals surface area contributed by atoms with Gasteiger partial charge in [-0.3, -0.25) is 19.5 Å². The molecule has 0 spiro atoms. The van der Waals surface area contributed by atoms with Crippen LogP contribution in [0, 0.1) is 10.1 Å². The average molecular weight is 648 g/mol. The van der Waals surface area contributed by atoms with Crippen LogP contribution in [0.2, 0.25) is 0 Å². The first-order chi connectivity index (χ1) is 20.6. The van der Waals surface area contributed by atoms with Crippen molar-refractivity contribution in [1.29, 1.82) is 0 Å². The first-order valence-corrected chi connectivity index (χ1v) is 15.1. The highest BCUT2D eigenvalue weighted by Crippen LogP contribution is 2.33. The van der Waals surface area contributed by atoms with Gasteiger partial charge < -0.3 is 4.55 Å². The van der Waals surface area contributed by atoms with E-state index < -0.39 is 36.5 Å². The van der Waals surface area contributed by atoms with E-state index in [1.807, 2.05) is 35.9 Å². The number of nitro benzene ring substituents is 1. The fourth-order valence-electron chi connectivity index (χ4n) is 4.34. The lowest BCUT2D eigenvalue weighted by Crippen LogP contribution is -2.37. The lowest BCUT2D eigenvalue weighted by molar-refractivity contribution is -0.384. The second-order valence-corrected chi connectivity index (χ2v) is 12.2. The predicted octanol–water partition coefficient (Wildman–Crippen LogP) is 5.61. The molecular formula is C28H20F3N3O8S2. The van der Waals surface area contributed by atoms with Crippen molar-refractivity contribution in [3.63, 3.8) is 0 Å². The summed E-state index contributed by atoms with van der Waals surface area (Å²) >= 11 is 0. The molecule has 0 N–H and O–H groups in total. The van der Waals surface area contributed by atoms with Gasteiger partial charge in [-0.2, -0.15) is 17.5 Å². The standard InChI is InChI=1S/C27H20N3O5S.CHF3O3S/c1-28-24-13-7-5-11-22(24)26(23-12-6-8-14-25(23)28)27(31)29(19-9-3-2-4-10-19)36(34,35)21-17-15-20(16-18-21)30(32)33;2-1(3,4)8(5,6)7/h2-18H,1H3;(H,5,6,7)/q+1;/p-1. The summed E-state index contributed by atoms with van der Waals surface area (Å²) in [6.07, 6.45) is 0. The zero-order valence-corrected chi connectivity index (χ0v) is 24.0. The maximum absolute atomic E-state index is 14.3. The highest BCUT2D eigenvalue weighted by molar-refractivity contribution is 7.93. The van der Waals surface area contributed by atoms with E-state index in [4.69, 9.17) is 13.0 Å². The number of para-hydroxylation sites is 3. The van der Waals surface area contributed by atoms with Crippen molar-refractivity contribution in [2.45, 2.75) is 10.4 Å². The molecule has 0 aliphatic rings. The van der Waals surface area contributed by atoms with Crippen molar-refractivity contribution in [2.75, 3.05) is 4.31 Å². The average Bonchev–Trinajstić information content (AvgIpc) is 2.97. The molecule has 0 unspecified atom stereocenters. The molecule has 16 heteroatoms. The summed E-state index contributed by atoms with van der Waals surface area (Å²) < 4.78 is 89.4. The number of fused-ring (bicyclic) bond motifs is 2. The highest BCUT2D eigenvalue weighted by atomic mass is 32.2. The molecule has 5 aromatic rings. The fraction of sp³-hybridized carbons (Fsp3) is 0.0714. The summed E-state index contributed by atoms with van der Waals surface area (Å²) in [4.78, 5) is 24.5. The molecule has 0 radical (unpaired) electrons. The van der Waals surface area contributed by atoms with Crippen LogP contribution >= 0.6 is 0 Å². The van der Waals surface area contributed by atoms with Gasteiger partial charge in [0.05, 0.1) is 15.5 Å². The summed E-state index contributed by atoms with van der Waals surface area (Å²) in [5.74, 6) is -0.729. The second-order valence-electron chi connectivity index (χ2n) is 9.03. The molecule has 0 fully saturated rings. The van der Waals surface area contributed by atoms with E-state index in [0.29, 0.717) is 10.8 Å². The Balaban J connectivity index is 0.000000488. The summed E-state index contributed by atoms with van der Waals surface area (Å²) in [5, 5.41) is 12.3. The van der Waals surface area contributed by atoms with Gasteiger partial charge in [0.25, 0.3) is 15.7 Å². The van der Waals surface area contributed by atoms with Crippen molar-refractivity contribution in [1.82, 2.24) is 4.57 Å². The van der Waals surface area contributed by atoms with E-state index in [9.17, 15) is 36.5 Å². The number of nitro groups is 1. The molecule has 0 aliphatic carbocycles. The van der Waals surface area contributed by atoms with Crippen molar-refractivity contribution < 1.29 is 44.3 Å². The number of hydrogen-bond donors (Lipinski definition) is 0. The highest BCUT2D eigenvalue weighted by Gasteiger charge is 2.37. The van der Waals surface area contributed by atoms with Crippen LogP contribution in [0.25, 0.3) is 21.8 Å². The molecule has 1 heterocycles. The number of pyridine rings is 1. The number of alkyl halides is 3. The van der Waals surface area contributed by atoms with Crippen LogP contribution in [-0.2, 0) is 27.2 Å². The fourth-order valence-corrected chi connectivity index (χ4v) is 5.74. The number of amides is 1. The number of halogens is 3. The van der Waals surface area contributed by atoms with Crippen molar-refractivity contribution in [3.8, 4) is 0 Å². The lowest BCUT2D eigenvalue weighted by atomic mass is 10.0. The number of aryl methyl sites for hydroxylation is 1. The minimum atomic E-state index is -6.09. The van der Waals surface area contributed by atoms with Gasteiger partial charge in [-0.1, -0.05) is 18.2 Å². The zero-order valence-electron chi connectivity index (χ0n) is 22.4. The number of aromatic nitrogens is 1. The molecular weight excluding hydrogens is 627 g/mol. The first-order valence-electron chi connectivity index (χ1n) is 12.3. The number of benzene rings is 4. The number of carbonyl (C=O) groups excluding carboxylic acids is 1. The van der Waals surface area contributed by atoms with Gasteiger partial charge in [0.2, 0.25) is 0 Å². The Labute approximate surface area is 248 Å². The Bertz CT molecular complexity index is 2050. The van der Waals surface area contributed by atoms with Gasteiger partial charge in [0.1, 0.15) is 27.4 Å². The third-order valence-electron chi connectivity index (χ3n) is 6.33. The molecule has 11 nitrogen and oxygen atoms in total. The largest absolute Gasteiger partial charge is 0.741 e. The molecule has 0 atom stereocenters. The van der Waals surface area contributed by atoms with E-state index in [0.717, 1.165) is 39.6 Å². The first kappa shape index (κ1) is 32.0. The number of non-ortho nitro benzene ring substituents is 1. The van der Waals surface area contributed by atoms with Gasteiger partial charge in [-0.15, -0.1) is 0 Å². The van der Waals surface area contributed by atoms with Crippen molar-refractivity contribution >= 4 is 59.2 Å². The topological polar surface area (TPSA) is 160 Å². The Hall–Kier alpha value is -4.93. The zero-order chi connectivity index (χ0) is 32.4. The van der Waals surface area contributed by atoms with E-state index in [1.165, 1.54) is 12.1 Å². The van der Waals surface area contributed by atoms with Gasteiger partial charge in [0, 0.05) is 31.3 Å². The SMILES string of the molecule is Cn1c2ccccc2[c+](C(=O)N(c2ccccc2)S(=O)(=O)c2ccc([N+](=O)[O-])cc2)c2ccccc21.O=S(=O)([O-])C(F)(F)F. The van der Waals surface area contributed by atoms with Crippen LogP contribution in [0.4, 0.5) is 24.5 Å². The molecule has 1 amide bonds. The third-order valence-corrected chi connectivity index (χ3v) is 8.62. The Morgan fingerprint density at radius 3 is 1.66 bits per heavy atom. The number of nitrogens with zero attached hydrogens (tertiary/aromatic N) is 3. The van der Waals surface area contributed by atoms with Crippen molar-refractivity contribution in [3.05, 3.63) is 119 Å². The van der Waals surface area contributed by atoms with Crippen molar-refractivity contribution in [2.24, 2.45) is 7.05 Å². The van der Waals surface area contributed by atoms with Gasteiger partial charge in [0.15, 0.2) is 10.1 Å². The summed E-state index contributed by atoms with van der Waals surface area (Å²) in [7, 11) is -8.64. The maximum atomic E-state index is 14.3. The van der Waals surface area contributed by atoms with Crippen LogP contribution in [-0.4, -0.2) is 42.3 Å². The van der Waals surface area contributed by atoms with E-state index in [1.54, 1.807) is 42.5 Å². The molecule has 1 aromatic heterocycles. The van der Waals surface area contributed by atoms with Crippen LogP contribution in [0.5, 0.6) is 0 Å². The van der Waals surface area contributed by atoms with Crippen LogP contribution < -0.4 is 4.31 Å². The number of sulfonamides is 1. The monoisotopic (exact) mass is 647 g/mol. The third kappa shape index (κ3) is 6.22. The number of anilines is 1. The number of hydrogen-bond acceptors (Lipinski definition) is 8. The van der Waals surface area contributed by atoms with Gasteiger partial charge >= 0.3 is 11.4 Å². The molecule has 5 rings (SSSR count). The van der Waals surface area contributed by atoms with E-state index >= 15 is 0 Å². The summed E-state index contributed by atoms with van der Waals surface area (Å²) in [6.45, 7) is 0. The molecule has 0 bridgehead atoms. The molecule has 0 aliphatic heterocycles. The molecule has 0 saturated heterocycles. The molecule has 4 aromatic carbocycles. The predicted molar refractivity (Wildman–Crippen MR) is 154 cm³/mol.